The monoisotopic (exact) mass is 399 g/mol. The quantitative estimate of drug-likeness (QED) is 0.780. The van der Waals surface area contributed by atoms with Crippen LogP contribution in [0.15, 0.2) is 42.5 Å². The first kappa shape index (κ1) is 19.5. The highest BCUT2D eigenvalue weighted by Crippen LogP contribution is 2.34. The zero-order chi connectivity index (χ0) is 20.8. The van der Waals surface area contributed by atoms with E-state index in [0.29, 0.717) is 42.9 Å². The van der Waals surface area contributed by atoms with E-state index in [1.807, 2.05) is 11.9 Å². The van der Waals surface area contributed by atoms with Gasteiger partial charge in [-0.1, -0.05) is 12.1 Å². The largest absolute Gasteiger partial charge is 0.337 e. The Balaban J connectivity index is 1.56. The minimum Gasteiger partial charge on any atom is -0.337 e. The number of carbonyl (C=O) groups excluding carboxylic acids is 2. The molecule has 1 atom stereocenters. The van der Waals surface area contributed by atoms with Gasteiger partial charge in [0.15, 0.2) is 0 Å². The number of likely N-dealkylation sites (N-methyl/N-ethyl adjacent to an activating group) is 1. The number of amides is 2. The van der Waals surface area contributed by atoms with Crippen molar-refractivity contribution < 1.29 is 18.4 Å². The van der Waals surface area contributed by atoms with E-state index in [1.165, 1.54) is 18.2 Å². The second-order valence-electron chi connectivity index (χ2n) is 7.98. The Labute approximate surface area is 168 Å². The molecule has 2 amide bonds. The maximum absolute atomic E-state index is 13.9. The summed E-state index contributed by atoms with van der Waals surface area (Å²) >= 11 is 0. The number of benzene rings is 2. The number of piperazine rings is 1. The van der Waals surface area contributed by atoms with Gasteiger partial charge in [0.2, 0.25) is 5.91 Å². The maximum atomic E-state index is 13.9. The molecule has 152 valence electrons. The van der Waals surface area contributed by atoms with E-state index in [4.69, 9.17) is 0 Å². The number of nitrogens with zero attached hydrogens (tertiary/aromatic N) is 3. The Morgan fingerprint density at radius 1 is 1.10 bits per heavy atom. The summed E-state index contributed by atoms with van der Waals surface area (Å²) in [6.07, 6.45) is 0.683. The van der Waals surface area contributed by atoms with Crippen LogP contribution in [-0.4, -0.2) is 60.4 Å². The molecule has 7 heteroatoms. The number of anilines is 1. The average molecular weight is 399 g/mol. The summed E-state index contributed by atoms with van der Waals surface area (Å²) in [4.78, 5) is 30.8. The van der Waals surface area contributed by atoms with Gasteiger partial charge in [0.1, 0.15) is 11.6 Å². The molecular formula is C22H23F2N3O2. The topological polar surface area (TPSA) is 43.9 Å². The Hall–Kier alpha value is -2.80. The van der Waals surface area contributed by atoms with Crippen molar-refractivity contribution in [3.8, 4) is 0 Å². The number of halogens is 2. The summed E-state index contributed by atoms with van der Waals surface area (Å²) in [5.74, 6) is -1.12. The smallest absolute Gasteiger partial charge is 0.254 e. The zero-order valence-corrected chi connectivity index (χ0v) is 16.5. The first-order valence-electron chi connectivity index (χ1n) is 9.62. The molecule has 0 aromatic heterocycles. The molecule has 2 fully saturated rings. The van der Waals surface area contributed by atoms with E-state index in [0.717, 1.165) is 0 Å². The number of hydrogen-bond acceptors (Lipinski definition) is 3. The minimum absolute atomic E-state index is 0.103. The molecule has 2 aliphatic heterocycles. The van der Waals surface area contributed by atoms with Crippen LogP contribution in [0.1, 0.15) is 22.3 Å². The number of rotatable bonds is 2. The van der Waals surface area contributed by atoms with Crippen molar-refractivity contribution in [2.24, 2.45) is 0 Å². The Morgan fingerprint density at radius 3 is 2.62 bits per heavy atom. The third-order valence-electron chi connectivity index (χ3n) is 6.09. The molecule has 0 unspecified atom stereocenters. The zero-order valence-electron chi connectivity index (χ0n) is 16.5. The summed E-state index contributed by atoms with van der Waals surface area (Å²) < 4.78 is 27.6. The molecular weight excluding hydrogens is 376 g/mol. The van der Waals surface area contributed by atoms with E-state index in [9.17, 15) is 18.4 Å². The first-order chi connectivity index (χ1) is 13.8. The van der Waals surface area contributed by atoms with Gasteiger partial charge in [0, 0.05) is 30.9 Å². The molecule has 0 aliphatic carbocycles. The predicted molar refractivity (Wildman–Crippen MR) is 106 cm³/mol. The molecule has 0 radical (unpaired) electrons. The fraction of sp³-hybridized carbons (Fsp3) is 0.364. The summed E-state index contributed by atoms with van der Waals surface area (Å²) in [7, 11) is 1.88. The normalized spacial score (nSPS) is 22.6. The number of aryl methyl sites for hydroxylation is 1. The fourth-order valence-electron chi connectivity index (χ4n) is 4.22. The minimum atomic E-state index is -0.418. The third kappa shape index (κ3) is 3.51. The van der Waals surface area contributed by atoms with E-state index in [1.54, 1.807) is 41.0 Å². The van der Waals surface area contributed by atoms with Gasteiger partial charge in [-0.3, -0.25) is 14.5 Å². The molecule has 0 saturated carbocycles. The Morgan fingerprint density at radius 2 is 1.90 bits per heavy atom. The second-order valence-corrected chi connectivity index (χ2v) is 7.98. The van der Waals surface area contributed by atoms with Crippen LogP contribution in [0.2, 0.25) is 0 Å². The Bertz CT molecular complexity index is 980. The van der Waals surface area contributed by atoms with Gasteiger partial charge < -0.3 is 9.80 Å². The highest BCUT2D eigenvalue weighted by Gasteiger charge is 2.48. The van der Waals surface area contributed by atoms with Crippen LogP contribution in [0.5, 0.6) is 0 Å². The lowest BCUT2D eigenvalue weighted by Crippen LogP contribution is -2.64. The van der Waals surface area contributed by atoms with Crippen molar-refractivity contribution in [2.75, 3.05) is 38.1 Å². The van der Waals surface area contributed by atoms with E-state index in [-0.39, 0.29) is 18.4 Å². The van der Waals surface area contributed by atoms with Crippen molar-refractivity contribution in [1.82, 2.24) is 9.80 Å². The van der Waals surface area contributed by atoms with E-state index in [2.05, 4.69) is 0 Å². The van der Waals surface area contributed by atoms with Crippen molar-refractivity contribution in [3.05, 3.63) is 65.2 Å². The third-order valence-corrected chi connectivity index (χ3v) is 6.09. The lowest BCUT2D eigenvalue weighted by Gasteiger charge is -2.46. The molecule has 29 heavy (non-hydrogen) atoms. The van der Waals surface area contributed by atoms with Crippen LogP contribution < -0.4 is 4.90 Å². The summed E-state index contributed by atoms with van der Waals surface area (Å²) in [5.41, 5.74) is 0.921. The van der Waals surface area contributed by atoms with Crippen LogP contribution in [0, 0.1) is 18.6 Å². The van der Waals surface area contributed by atoms with Crippen LogP contribution >= 0.6 is 0 Å². The molecule has 2 aromatic rings. The highest BCUT2D eigenvalue weighted by atomic mass is 19.1. The van der Waals surface area contributed by atoms with Gasteiger partial charge in [-0.15, -0.1) is 0 Å². The SMILES string of the molecule is Cc1ccc(C(=O)N2CC[C@]3(C2)CN(c2cccc(F)c2)C(=O)CN3C)cc1F. The molecule has 4 rings (SSSR count). The molecule has 2 heterocycles. The number of likely N-dealkylation sites (tertiary alicyclic amines) is 1. The second kappa shape index (κ2) is 7.22. The van der Waals surface area contributed by atoms with Gasteiger partial charge in [0.05, 0.1) is 12.1 Å². The van der Waals surface area contributed by atoms with Gasteiger partial charge in [-0.2, -0.15) is 0 Å². The van der Waals surface area contributed by atoms with Gasteiger partial charge >= 0.3 is 0 Å². The van der Waals surface area contributed by atoms with Crippen molar-refractivity contribution >= 4 is 17.5 Å². The molecule has 0 N–H and O–H groups in total. The molecule has 5 nitrogen and oxygen atoms in total. The standard InChI is InChI=1S/C22H23F2N3O2/c1-15-6-7-16(10-19(15)24)21(29)26-9-8-22(13-26)14-27(20(28)12-25(22)2)18-5-3-4-17(23)11-18/h3-7,10-11H,8-9,12-14H2,1-2H3/t22-/m0/s1. The molecule has 1 spiro atoms. The first-order valence-corrected chi connectivity index (χ1v) is 9.62. The molecule has 2 aromatic carbocycles. The summed E-state index contributed by atoms with van der Waals surface area (Å²) in [6.45, 7) is 3.17. The van der Waals surface area contributed by atoms with Crippen molar-refractivity contribution in [1.29, 1.82) is 0 Å². The summed E-state index contributed by atoms with van der Waals surface area (Å²) in [6, 6.07) is 10.5. The Kier molecular flexibility index (Phi) is 4.86. The molecule has 2 saturated heterocycles. The highest BCUT2D eigenvalue weighted by molar-refractivity contribution is 5.97. The van der Waals surface area contributed by atoms with E-state index >= 15 is 0 Å². The average Bonchev–Trinajstić information content (AvgIpc) is 3.12. The number of carbonyl (C=O) groups is 2. The maximum Gasteiger partial charge on any atom is 0.254 e. The van der Waals surface area contributed by atoms with E-state index < -0.39 is 17.2 Å². The summed E-state index contributed by atoms with van der Waals surface area (Å²) in [5, 5.41) is 0. The van der Waals surface area contributed by atoms with Crippen molar-refractivity contribution in [3.63, 3.8) is 0 Å². The van der Waals surface area contributed by atoms with Crippen LogP contribution in [-0.2, 0) is 4.79 Å². The lowest BCUT2D eigenvalue weighted by atomic mass is 9.92. The number of hydrogen-bond donors (Lipinski definition) is 0. The fourth-order valence-corrected chi connectivity index (χ4v) is 4.22. The van der Waals surface area contributed by atoms with Gasteiger partial charge in [-0.05, 0) is 56.3 Å². The van der Waals surface area contributed by atoms with Gasteiger partial charge in [-0.25, -0.2) is 8.78 Å². The van der Waals surface area contributed by atoms with Crippen LogP contribution in [0.3, 0.4) is 0 Å². The van der Waals surface area contributed by atoms with Crippen LogP contribution in [0.25, 0.3) is 0 Å². The van der Waals surface area contributed by atoms with Crippen LogP contribution in [0.4, 0.5) is 14.5 Å². The van der Waals surface area contributed by atoms with Crippen molar-refractivity contribution in [2.45, 2.75) is 18.9 Å². The van der Waals surface area contributed by atoms with Gasteiger partial charge in [0.25, 0.3) is 5.91 Å². The lowest BCUT2D eigenvalue weighted by molar-refractivity contribution is -0.123. The molecule has 0 bridgehead atoms. The molecule has 2 aliphatic rings. The predicted octanol–water partition coefficient (Wildman–Crippen LogP) is 2.84.